The molecule has 0 radical (unpaired) electrons. The summed E-state index contributed by atoms with van der Waals surface area (Å²) in [4.78, 5) is 4.34. The standard InChI is InChI=1S/C15H16F2N2/c1-9-6-10(2)14(19-8-9)15(18-3)12-7-11(16)4-5-13(12)17/h4-8,15,18H,1-3H3. The highest BCUT2D eigenvalue weighted by atomic mass is 19.1. The van der Waals surface area contributed by atoms with Crippen LogP contribution in [0.2, 0.25) is 0 Å². The summed E-state index contributed by atoms with van der Waals surface area (Å²) in [5, 5.41) is 2.99. The molecule has 100 valence electrons. The van der Waals surface area contributed by atoms with Gasteiger partial charge in [0.1, 0.15) is 11.6 Å². The van der Waals surface area contributed by atoms with Crippen LogP contribution >= 0.6 is 0 Å². The first kappa shape index (κ1) is 13.6. The van der Waals surface area contributed by atoms with Crippen LogP contribution in [0.4, 0.5) is 8.78 Å². The van der Waals surface area contributed by atoms with Crippen LogP contribution in [0.25, 0.3) is 0 Å². The van der Waals surface area contributed by atoms with Crippen LogP contribution in [-0.2, 0) is 0 Å². The van der Waals surface area contributed by atoms with Gasteiger partial charge >= 0.3 is 0 Å². The third-order valence-electron chi connectivity index (χ3n) is 3.09. The van der Waals surface area contributed by atoms with Gasteiger partial charge in [0, 0.05) is 11.8 Å². The Morgan fingerprint density at radius 2 is 1.89 bits per heavy atom. The lowest BCUT2D eigenvalue weighted by atomic mass is 9.98. The molecule has 2 rings (SSSR count). The zero-order valence-electron chi connectivity index (χ0n) is 11.2. The molecule has 1 aromatic carbocycles. The van der Waals surface area contributed by atoms with Crippen molar-refractivity contribution in [3.63, 3.8) is 0 Å². The zero-order chi connectivity index (χ0) is 14.0. The number of hydrogen-bond acceptors (Lipinski definition) is 2. The van der Waals surface area contributed by atoms with Gasteiger partial charge in [-0.05, 0) is 50.2 Å². The number of hydrogen-bond donors (Lipinski definition) is 1. The van der Waals surface area contributed by atoms with Crippen molar-refractivity contribution in [3.05, 3.63) is 64.5 Å². The molecular weight excluding hydrogens is 246 g/mol. The minimum absolute atomic E-state index is 0.266. The minimum Gasteiger partial charge on any atom is -0.308 e. The molecule has 0 saturated carbocycles. The molecule has 4 heteroatoms. The average Bonchev–Trinajstić information content (AvgIpc) is 2.36. The van der Waals surface area contributed by atoms with Crippen LogP contribution in [0.3, 0.4) is 0 Å². The Morgan fingerprint density at radius 1 is 1.16 bits per heavy atom. The molecular formula is C15H16F2N2. The zero-order valence-corrected chi connectivity index (χ0v) is 11.2. The SMILES string of the molecule is CNC(c1cc(F)ccc1F)c1ncc(C)cc1C. The van der Waals surface area contributed by atoms with Crippen LogP contribution in [0, 0.1) is 25.5 Å². The second-order valence-corrected chi connectivity index (χ2v) is 4.60. The molecule has 1 aromatic heterocycles. The van der Waals surface area contributed by atoms with Crippen molar-refractivity contribution < 1.29 is 8.78 Å². The number of aryl methyl sites for hydroxylation is 2. The van der Waals surface area contributed by atoms with Crippen molar-refractivity contribution in [1.29, 1.82) is 0 Å². The average molecular weight is 262 g/mol. The molecule has 2 aromatic rings. The van der Waals surface area contributed by atoms with E-state index in [0.717, 1.165) is 23.3 Å². The molecule has 0 spiro atoms. The summed E-state index contributed by atoms with van der Waals surface area (Å²) < 4.78 is 27.2. The number of aromatic nitrogens is 1. The van der Waals surface area contributed by atoms with E-state index in [0.29, 0.717) is 5.69 Å². The normalized spacial score (nSPS) is 12.5. The topological polar surface area (TPSA) is 24.9 Å². The first-order chi connectivity index (χ1) is 9.02. The molecule has 2 nitrogen and oxygen atoms in total. The van der Waals surface area contributed by atoms with Crippen molar-refractivity contribution in [2.24, 2.45) is 0 Å². The fraction of sp³-hybridized carbons (Fsp3) is 0.267. The van der Waals surface area contributed by atoms with Crippen molar-refractivity contribution in [1.82, 2.24) is 10.3 Å². The van der Waals surface area contributed by atoms with Crippen molar-refractivity contribution in [3.8, 4) is 0 Å². The Balaban J connectivity index is 2.52. The van der Waals surface area contributed by atoms with E-state index in [1.807, 2.05) is 19.9 Å². The maximum atomic E-state index is 13.9. The maximum Gasteiger partial charge on any atom is 0.128 e. The summed E-state index contributed by atoms with van der Waals surface area (Å²) in [7, 11) is 1.70. The second kappa shape index (κ2) is 5.45. The van der Waals surface area contributed by atoms with Gasteiger partial charge in [0.15, 0.2) is 0 Å². The van der Waals surface area contributed by atoms with Crippen LogP contribution in [0.1, 0.15) is 28.4 Å². The summed E-state index contributed by atoms with van der Waals surface area (Å²) >= 11 is 0. The molecule has 19 heavy (non-hydrogen) atoms. The first-order valence-corrected chi connectivity index (χ1v) is 6.08. The van der Waals surface area contributed by atoms with Gasteiger partial charge in [-0.3, -0.25) is 4.98 Å². The summed E-state index contributed by atoms with van der Waals surface area (Å²) in [6, 6.07) is 4.97. The highest BCUT2D eigenvalue weighted by molar-refractivity contribution is 5.34. The quantitative estimate of drug-likeness (QED) is 0.918. The number of halogens is 2. The monoisotopic (exact) mass is 262 g/mol. The van der Waals surface area contributed by atoms with Gasteiger partial charge < -0.3 is 5.32 Å². The van der Waals surface area contributed by atoms with Crippen LogP contribution < -0.4 is 5.32 Å². The van der Waals surface area contributed by atoms with E-state index in [2.05, 4.69) is 10.3 Å². The Hall–Kier alpha value is -1.81. The van der Waals surface area contributed by atoms with E-state index < -0.39 is 17.7 Å². The molecule has 0 aliphatic heterocycles. The maximum absolute atomic E-state index is 13.9. The van der Waals surface area contributed by atoms with E-state index >= 15 is 0 Å². The van der Waals surface area contributed by atoms with Gasteiger partial charge in [0.25, 0.3) is 0 Å². The lowest BCUT2D eigenvalue weighted by Gasteiger charge is -2.19. The van der Waals surface area contributed by atoms with Gasteiger partial charge in [-0.25, -0.2) is 8.78 Å². The number of rotatable bonds is 3. The molecule has 0 amide bonds. The Morgan fingerprint density at radius 3 is 2.53 bits per heavy atom. The lowest BCUT2D eigenvalue weighted by Crippen LogP contribution is -2.21. The molecule has 1 heterocycles. The van der Waals surface area contributed by atoms with Crippen molar-refractivity contribution in [2.45, 2.75) is 19.9 Å². The third kappa shape index (κ3) is 2.79. The van der Waals surface area contributed by atoms with Gasteiger partial charge in [0.2, 0.25) is 0 Å². The number of nitrogens with one attached hydrogen (secondary N) is 1. The second-order valence-electron chi connectivity index (χ2n) is 4.60. The van der Waals surface area contributed by atoms with Gasteiger partial charge in [-0.1, -0.05) is 6.07 Å². The predicted octanol–water partition coefficient (Wildman–Crippen LogP) is 3.29. The van der Waals surface area contributed by atoms with E-state index in [9.17, 15) is 8.78 Å². The Bertz CT molecular complexity index is 597. The summed E-state index contributed by atoms with van der Waals surface area (Å²) in [5.74, 6) is -0.899. The van der Waals surface area contributed by atoms with E-state index in [4.69, 9.17) is 0 Å². The number of nitrogens with zero attached hydrogens (tertiary/aromatic N) is 1. The van der Waals surface area contributed by atoms with Gasteiger partial charge in [-0.15, -0.1) is 0 Å². The Labute approximate surface area is 111 Å². The van der Waals surface area contributed by atoms with Crippen LogP contribution in [0.5, 0.6) is 0 Å². The van der Waals surface area contributed by atoms with Gasteiger partial charge in [-0.2, -0.15) is 0 Å². The molecule has 1 atom stereocenters. The molecule has 0 fully saturated rings. The predicted molar refractivity (Wildman–Crippen MR) is 71.0 cm³/mol. The molecule has 0 aliphatic rings. The number of benzene rings is 1. The largest absolute Gasteiger partial charge is 0.308 e. The molecule has 1 unspecified atom stereocenters. The van der Waals surface area contributed by atoms with E-state index in [1.165, 1.54) is 6.07 Å². The van der Waals surface area contributed by atoms with Crippen LogP contribution in [0.15, 0.2) is 30.5 Å². The summed E-state index contributed by atoms with van der Waals surface area (Å²) in [5.41, 5.74) is 2.96. The fourth-order valence-electron chi connectivity index (χ4n) is 2.20. The smallest absolute Gasteiger partial charge is 0.128 e. The summed E-state index contributed by atoms with van der Waals surface area (Å²) in [6.45, 7) is 3.86. The van der Waals surface area contributed by atoms with E-state index in [-0.39, 0.29) is 5.56 Å². The number of pyridine rings is 1. The minimum atomic E-state index is -0.462. The molecule has 0 aliphatic carbocycles. The highest BCUT2D eigenvalue weighted by Crippen LogP contribution is 2.26. The molecule has 0 bridgehead atoms. The molecule has 0 saturated heterocycles. The van der Waals surface area contributed by atoms with Crippen molar-refractivity contribution >= 4 is 0 Å². The Kier molecular flexibility index (Phi) is 3.90. The fourth-order valence-corrected chi connectivity index (χ4v) is 2.20. The summed E-state index contributed by atoms with van der Waals surface area (Å²) in [6.07, 6.45) is 1.73. The highest BCUT2D eigenvalue weighted by Gasteiger charge is 2.20. The van der Waals surface area contributed by atoms with Gasteiger partial charge in [0.05, 0.1) is 11.7 Å². The first-order valence-electron chi connectivity index (χ1n) is 6.08. The molecule has 1 N–H and O–H groups in total. The third-order valence-corrected chi connectivity index (χ3v) is 3.09. The van der Waals surface area contributed by atoms with Crippen molar-refractivity contribution in [2.75, 3.05) is 7.05 Å². The lowest BCUT2D eigenvalue weighted by molar-refractivity contribution is 0.552. The van der Waals surface area contributed by atoms with E-state index in [1.54, 1.807) is 13.2 Å². The van der Waals surface area contributed by atoms with Crippen LogP contribution in [-0.4, -0.2) is 12.0 Å².